The van der Waals surface area contributed by atoms with E-state index in [2.05, 4.69) is 29.6 Å². The molecule has 1 rings (SSSR count). The number of rotatable bonds is 8. The van der Waals surface area contributed by atoms with E-state index in [4.69, 9.17) is 0 Å². The van der Waals surface area contributed by atoms with Gasteiger partial charge in [0.1, 0.15) is 5.60 Å². The molecular weight excluding hydrogens is 280 g/mol. The summed E-state index contributed by atoms with van der Waals surface area (Å²) in [5.41, 5.74) is -0.452. The number of amides is 2. The molecule has 126 valence electrons. The second kappa shape index (κ2) is 8.17. The van der Waals surface area contributed by atoms with Crippen molar-refractivity contribution in [2.24, 2.45) is 13.0 Å². The van der Waals surface area contributed by atoms with Crippen molar-refractivity contribution in [1.82, 2.24) is 20.4 Å². The van der Waals surface area contributed by atoms with Gasteiger partial charge in [-0.25, -0.2) is 4.79 Å². The minimum Gasteiger partial charge on any atom is -0.383 e. The maximum absolute atomic E-state index is 11.9. The normalized spacial score (nSPS) is 15.4. The van der Waals surface area contributed by atoms with Gasteiger partial charge in [-0.05, 0) is 26.2 Å². The molecule has 0 aromatic carbocycles. The Morgan fingerprint density at radius 2 is 2.09 bits per heavy atom. The van der Waals surface area contributed by atoms with Gasteiger partial charge in [0, 0.05) is 24.8 Å². The zero-order valence-corrected chi connectivity index (χ0v) is 14.4. The number of carbonyl (C=O) groups excluding carboxylic acids is 1. The first-order valence-electron chi connectivity index (χ1n) is 7.96. The Labute approximate surface area is 133 Å². The highest BCUT2D eigenvalue weighted by Crippen LogP contribution is 2.18. The van der Waals surface area contributed by atoms with E-state index in [9.17, 15) is 9.90 Å². The van der Waals surface area contributed by atoms with Crippen LogP contribution in [0.3, 0.4) is 0 Å². The molecule has 0 spiro atoms. The molecule has 0 aliphatic rings. The SMILES string of the molecule is CC(C)CCCC(C)NC(=O)NCC(C)(O)c1cnn(C)c1. The lowest BCUT2D eigenvalue weighted by Gasteiger charge is -2.23. The average molecular weight is 310 g/mol. The van der Waals surface area contributed by atoms with Crippen LogP contribution >= 0.6 is 0 Å². The number of nitrogens with one attached hydrogen (secondary N) is 2. The zero-order chi connectivity index (χ0) is 16.8. The maximum atomic E-state index is 11.9. The summed E-state index contributed by atoms with van der Waals surface area (Å²) in [6.07, 6.45) is 6.59. The molecule has 0 saturated carbocycles. The summed E-state index contributed by atoms with van der Waals surface area (Å²) >= 11 is 0. The predicted octanol–water partition coefficient (Wildman–Crippen LogP) is 2.14. The van der Waals surface area contributed by atoms with Gasteiger partial charge in [0.2, 0.25) is 0 Å². The summed E-state index contributed by atoms with van der Waals surface area (Å²) in [6.45, 7) is 8.20. The van der Waals surface area contributed by atoms with Gasteiger partial charge in [0.15, 0.2) is 0 Å². The van der Waals surface area contributed by atoms with Gasteiger partial charge in [-0.3, -0.25) is 4.68 Å². The number of hydrogen-bond donors (Lipinski definition) is 3. The largest absolute Gasteiger partial charge is 0.383 e. The van der Waals surface area contributed by atoms with Gasteiger partial charge < -0.3 is 15.7 Å². The molecule has 2 unspecified atom stereocenters. The highest BCUT2D eigenvalue weighted by Gasteiger charge is 2.25. The standard InChI is InChI=1S/C16H30N4O2/c1-12(2)7-6-8-13(3)19-15(21)17-11-16(4,22)14-9-18-20(5)10-14/h9-10,12-13,22H,6-8,11H2,1-5H3,(H2,17,19,21). The van der Waals surface area contributed by atoms with E-state index >= 15 is 0 Å². The third-order valence-corrected chi connectivity index (χ3v) is 3.72. The molecule has 2 amide bonds. The van der Waals surface area contributed by atoms with Crippen LogP contribution in [0.4, 0.5) is 4.79 Å². The van der Waals surface area contributed by atoms with E-state index < -0.39 is 5.60 Å². The third-order valence-electron chi connectivity index (χ3n) is 3.72. The summed E-state index contributed by atoms with van der Waals surface area (Å²) in [7, 11) is 1.79. The van der Waals surface area contributed by atoms with E-state index in [1.165, 1.54) is 6.42 Å². The van der Waals surface area contributed by atoms with E-state index in [0.29, 0.717) is 11.5 Å². The molecule has 6 heteroatoms. The number of aliphatic hydroxyl groups is 1. The number of nitrogens with zero attached hydrogens (tertiary/aromatic N) is 2. The van der Waals surface area contributed by atoms with E-state index in [1.807, 2.05) is 6.92 Å². The van der Waals surface area contributed by atoms with Gasteiger partial charge >= 0.3 is 6.03 Å². The second-order valence-corrected chi connectivity index (χ2v) is 6.73. The molecule has 0 radical (unpaired) electrons. The zero-order valence-electron chi connectivity index (χ0n) is 14.4. The molecule has 0 bridgehead atoms. The van der Waals surface area contributed by atoms with E-state index in [1.54, 1.807) is 31.0 Å². The number of hydrogen-bond acceptors (Lipinski definition) is 3. The molecule has 3 N–H and O–H groups in total. The van der Waals surface area contributed by atoms with E-state index in [0.717, 1.165) is 12.8 Å². The number of aryl methyl sites for hydroxylation is 1. The fraction of sp³-hybridized carbons (Fsp3) is 0.750. The van der Waals surface area contributed by atoms with Gasteiger partial charge in [0.05, 0.1) is 12.7 Å². The first kappa shape index (κ1) is 18.5. The van der Waals surface area contributed by atoms with Crippen LogP contribution in [0.5, 0.6) is 0 Å². The van der Waals surface area contributed by atoms with Crippen LogP contribution in [-0.4, -0.2) is 33.5 Å². The molecule has 6 nitrogen and oxygen atoms in total. The Kier molecular flexibility index (Phi) is 6.87. The summed E-state index contributed by atoms with van der Waals surface area (Å²) in [4.78, 5) is 11.9. The fourth-order valence-corrected chi connectivity index (χ4v) is 2.23. The van der Waals surface area contributed by atoms with Crippen LogP contribution in [0.15, 0.2) is 12.4 Å². The molecule has 0 aliphatic heterocycles. The lowest BCUT2D eigenvalue weighted by atomic mass is 10.00. The Morgan fingerprint density at radius 1 is 1.41 bits per heavy atom. The molecular formula is C16H30N4O2. The monoisotopic (exact) mass is 310 g/mol. The van der Waals surface area contributed by atoms with Crippen LogP contribution in [-0.2, 0) is 12.6 Å². The highest BCUT2D eigenvalue weighted by molar-refractivity contribution is 5.74. The number of aromatic nitrogens is 2. The number of carbonyl (C=O) groups is 1. The van der Waals surface area contributed by atoms with Gasteiger partial charge in [0.25, 0.3) is 0 Å². The summed E-state index contributed by atoms with van der Waals surface area (Å²) in [6, 6.07) is -0.122. The Bertz CT molecular complexity index is 468. The lowest BCUT2D eigenvalue weighted by molar-refractivity contribution is 0.0592. The van der Waals surface area contributed by atoms with Gasteiger partial charge in [-0.15, -0.1) is 0 Å². The van der Waals surface area contributed by atoms with Gasteiger partial charge in [-0.2, -0.15) is 5.10 Å². The third kappa shape index (κ3) is 6.47. The highest BCUT2D eigenvalue weighted by atomic mass is 16.3. The van der Waals surface area contributed by atoms with Crippen molar-refractivity contribution in [2.75, 3.05) is 6.54 Å². The second-order valence-electron chi connectivity index (χ2n) is 6.73. The van der Waals surface area contributed by atoms with Crippen molar-refractivity contribution >= 4 is 6.03 Å². The van der Waals surface area contributed by atoms with Crippen molar-refractivity contribution in [2.45, 2.75) is 58.6 Å². The Morgan fingerprint density at radius 3 is 2.64 bits per heavy atom. The Hall–Kier alpha value is -1.56. The minimum atomic E-state index is -1.13. The fourth-order valence-electron chi connectivity index (χ4n) is 2.23. The smallest absolute Gasteiger partial charge is 0.315 e. The summed E-state index contributed by atoms with van der Waals surface area (Å²) < 4.78 is 1.63. The van der Waals surface area contributed by atoms with Crippen molar-refractivity contribution in [1.29, 1.82) is 0 Å². The molecule has 1 aromatic rings. The van der Waals surface area contributed by atoms with Crippen LogP contribution < -0.4 is 10.6 Å². The maximum Gasteiger partial charge on any atom is 0.315 e. The lowest BCUT2D eigenvalue weighted by Crippen LogP contribution is -2.46. The topological polar surface area (TPSA) is 79.2 Å². The van der Waals surface area contributed by atoms with Crippen LogP contribution in [0.1, 0.15) is 52.5 Å². The molecule has 0 saturated heterocycles. The van der Waals surface area contributed by atoms with Gasteiger partial charge in [-0.1, -0.05) is 26.7 Å². The molecule has 1 heterocycles. The predicted molar refractivity (Wildman–Crippen MR) is 87.5 cm³/mol. The van der Waals surface area contributed by atoms with Crippen LogP contribution in [0, 0.1) is 5.92 Å². The Balaban J connectivity index is 2.33. The van der Waals surface area contributed by atoms with Crippen molar-refractivity contribution in [3.05, 3.63) is 18.0 Å². The summed E-state index contributed by atoms with van der Waals surface area (Å²) in [5.74, 6) is 0.690. The quantitative estimate of drug-likeness (QED) is 0.688. The first-order chi connectivity index (χ1) is 10.2. The van der Waals surface area contributed by atoms with Crippen molar-refractivity contribution in [3.63, 3.8) is 0 Å². The number of urea groups is 1. The molecule has 1 aromatic heterocycles. The van der Waals surface area contributed by atoms with E-state index in [-0.39, 0.29) is 18.6 Å². The summed E-state index contributed by atoms with van der Waals surface area (Å²) in [5, 5.41) is 20.0. The molecule has 22 heavy (non-hydrogen) atoms. The van der Waals surface area contributed by atoms with Crippen LogP contribution in [0.2, 0.25) is 0 Å². The minimum absolute atomic E-state index is 0.127. The molecule has 0 aliphatic carbocycles. The average Bonchev–Trinajstić information content (AvgIpc) is 2.83. The first-order valence-corrected chi connectivity index (χ1v) is 7.96. The van der Waals surface area contributed by atoms with Crippen LogP contribution in [0.25, 0.3) is 0 Å². The van der Waals surface area contributed by atoms with Crippen molar-refractivity contribution in [3.8, 4) is 0 Å². The van der Waals surface area contributed by atoms with Crippen molar-refractivity contribution < 1.29 is 9.90 Å². The molecule has 0 fully saturated rings. The molecule has 2 atom stereocenters.